The first-order valence-corrected chi connectivity index (χ1v) is 9.24. The first-order chi connectivity index (χ1) is 12.9. The normalized spacial score (nSPS) is 28.3. The van der Waals surface area contributed by atoms with E-state index in [9.17, 15) is 18.7 Å². The lowest BCUT2D eigenvalue weighted by Crippen LogP contribution is -2.32. The van der Waals surface area contributed by atoms with Crippen LogP contribution in [-0.2, 0) is 4.74 Å². The average Bonchev–Trinajstić information content (AvgIpc) is 3.01. The first kappa shape index (κ1) is 19.7. The Morgan fingerprint density at radius 1 is 1.22 bits per heavy atom. The van der Waals surface area contributed by atoms with E-state index in [0.29, 0.717) is 43.9 Å². The van der Waals surface area contributed by atoms with Crippen molar-refractivity contribution in [2.45, 2.75) is 75.8 Å². The van der Waals surface area contributed by atoms with Crippen molar-refractivity contribution < 1.29 is 23.4 Å². The van der Waals surface area contributed by atoms with E-state index in [1.807, 2.05) is 0 Å². The zero-order valence-corrected chi connectivity index (χ0v) is 14.9. The number of hydrogen-bond acceptors (Lipinski definition) is 7. The van der Waals surface area contributed by atoms with E-state index in [2.05, 4.69) is 25.3 Å². The summed E-state index contributed by atoms with van der Waals surface area (Å²) < 4.78 is 29.1. The summed E-state index contributed by atoms with van der Waals surface area (Å²) in [6.07, 6.45) is 5.16. The summed E-state index contributed by atoms with van der Waals surface area (Å²) in [4.78, 5) is 20.1. The predicted octanol–water partition coefficient (Wildman–Crippen LogP) is 1.86. The number of nitrogens with two attached hydrogens (primary N) is 1. The Kier molecular flexibility index (Phi) is 6.38. The maximum Gasteiger partial charge on any atom is 0.345 e. The van der Waals surface area contributed by atoms with Crippen LogP contribution in [0, 0.1) is 0 Å². The van der Waals surface area contributed by atoms with E-state index < -0.39 is 24.7 Å². The van der Waals surface area contributed by atoms with Crippen LogP contribution in [0.3, 0.4) is 0 Å². The Balaban J connectivity index is 1.64. The lowest BCUT2D eigenvalue weighted by Gasteiger charge is -2.29. The molecule has 2 atom stereocenters. The Labute approximate surface area is 155 Å². The van der Waals surface area contributed by atoms with Crippen molar-refractivity contribution in [3.8, 4) is 0 Å². The van der Waals surface area contributed by atoms with Gasteiger partial charge in [0.25, 0.3) is 5.91 Å². The maximum atomic E-state index is 12.3. The van der Waals surface area contributed by atoms with Gasteiger partial charge < -0.3 is 26.2 Å². The van der Waals surface area contributed by atoms with Crippen molar-refractivity contribution in [2.75, 3.05) is 10.6 Å². The summed E-state index contributed by atoms with van der Waals surface area (Å²) in [5.41, 5.74) is 5.56. The van der Waals surface area contributed by atoms with E-state index in [4.69, 9.17) is 5.73 Å². The molecule has 0 spiro atoms. The van der Waals surface area contributed by atoms with Gasteiger partial charge in [-0.1, -0.05) is 0 Å². The molecule has 1 aromatic heterocycles. The zero-order chi connectivity index (χ0) is 19.4. The number of primary amides is 1. The van der Waals surface area contributed by atoms with Crippen LogP contribution in [0.25, 0.3) is 0 Å². The molecule has 150 valence electrons. The minimum Gasteiger partial charge on any atom is -0.391 e. The number of alkyl halides is 2. The quantitative estimate of drug-likeness (QED) is 0.565. The fraction of sp³-hybridized carbons (Fsp3) is 0.706. The summed E-state index contributed by atoms with van der Waals surface area (Å²) in [6, 6.07) is -0.153. The number of nitrogens with one attached hydrogen (secondary N) is 2. The van der Waals surface area contributed by atoms with Gasteiger partial charge in [0.15, 0.2) is 0 Å². The van der Waals surface area contributed by atoms with Crippen LogP contribution < -0.4 is 16.4 Å². The van der Waals surface area contributed by atoms with E-state index in [1.165, 1.54) is 6.20 Å². The Bertz CT molecular complexity index is 655. The molecule has 0 saturated heterocycles. The zero-order valence-electron chi connectivity index (χ0n) is 14.9. The Hall–Kier alpha value is -2.07. The number of ether oxygens (including phenoxy) is 1. The molecule has 1 aromatic rings. The van der Waals surface area contributed by atoms with E-state index >= 15 is 0 Å². The maximum absolute atomic E-state index is 12.3. The molecule has 2 fully saturated rings. The van der Waals surface area contributed by atoms with Crippen molar-refractivity contribution in [3.63, 3.8) is 0 Å². The molecule has 3 rings (SSSR count). The second-order valence-electron chi connectivity index (χ2n) is 7.08. The van der Waals surface area contributed by atoms with Crippen molar-refractivity contribution in [3.05, 3.63) is 11.8 Å². The van der Waals surface area contributed by atoms with Gasteiger partial charge in [0.2, 0.25) is 5.95 Å². The summed E-state index contributed by atoms with van der Waals surface area (Å²) >= 11 is 0. The number of carbonyl (C=O) groups excluding carboxylic acids is 1. The molecule has 0 unspecified atom stereocenters. The highest BCUT2D eigenvalue weighted by Gasteiger charge is 2.28. The third-order valence-corrected chi connectivity index (χ3v) is 5.16. The highest BCUT2D eigenvalue weighted by Crippen LogP contribution is 2.27. The van der Waals surface area contributed by atoms with E-state index in [-0.39, 0.29) is 17.6 Å². The number of halogens is 2. The first-order valence-electron chi connectivity index (χ1n) is 9.24. The van der Waals surface area contributed by atoms with Crippen molar-refractivity contribution in [1.29, 1.82) is 0 Å². The molecule has 10 heteroatoms. The SMILES string of the molecule is NC(=O)c1cnc(NC2CCC(OC(F)F)CC2)nc1N[C@@H]1CCC[C@H]1O. The third kappa shape index (κ3) is 5.23. The van der Waals surface area contributed by atoms with Crippen molar-refractivity contribution in [1.82, 2.24) is 9.97 Å². The summed E-state index contributed by atoms with van der Waals surface area (Å²) in [5, 5.41) is 16.3. The van der Waals surface area contributed by atoms with Crippen LogP contribution in [-0.4, -0.2) is 51.9 Å². The number of anilines is 2. The van der Waals surface area contributed by atoms with E-state index in [0.717, 1.165) is 12.8 Å². The van der Waals surface area contributed by atoms with Gasteiger partial charge in [0, 0.05) is 12.2 Å². The van der Waals surface area contributed by atoms with Crippen LogP contribution >= 0.6 is 0 Å². The lowest BCUT2D eigenvalue weighted by molar-refractivity contribution is -0.169. The Morgan fingerprint density at radius 2 is 1.96 bits per heavy atom. The molecule has 0 radical (unpaired) electrons. The molecular formula is C17H25F2N5O3. The van der Waals surface area contributed by atoms with Gasteiger partial charge in [0.1, 0.15) is 5.82 Å². The number of rotatable bonds is 7. The van der Waals surface area contributed by atoms with Crippen LogP contribution in [0.5, 0.6) is 0 Å². The monoisotopic (exact) mass is 385 g/mol. The number of nitrogens with zero attached hydrogens (tertiary/aromatic N) is 2. The smallest absolute Gasteiger partial charge is 0.345 e. The van der Waals surface area contributed by atoms with Crippen LogP contribution in [0.2, 0.25) is 0 Å². The van der Waals surface area contributed by atoms with E-state index in [1.54, 1.807) is 0 Å². The number of amides is 1. The highest BCUT2D eigenvalue weighted by atomic mass is 19.3. The van der Waals surface area contributed by atoms with Crippen molar-refractivity contribution >= 4 is 17.7 Å². The van der Waals surface area contributed by atoms with Gasteiger partial charge >= 0.3 is 6.61 Å². The number of aliphatic hydroxyl groups is 1. The minimum atomic E-state index is -2.75. The molecule has 1 heterocycles. The van der Waals surface area contributed by atoms with Crippen LogP contribution in [0.15, 0.2) is 6.20 Å². The summed E-state index contributed by atoms with van der Waals surface area (Å²) in [5.74, 6) is -0.0323. The highest BCUT2D eigenvalue weighted by molar-refractivity contribution is 5.97. The topological polar surface area (TPSA) is 122 Å². The van der Waals surface area contributed by atoms with Crippen LogP contribution in [0.1, 0.15) is 55.3 Å². The van der Waals surface area contributed by atoms with Gasteiger partial charge in [-0.2, -0.15) is 13.8 Å². The molecule has 27 heavy (non-hydrogen) atoms. The van der Waals surface area contributed by atoms with Crippen molar-refractivity contribution in [2.24, 2.45) is 5.73 Å². The molecule has 2 aliphatic carbocycles. The fourth-order valence-corrected chi connectivity index (χ4v) is 3.70. The molecule has 0 bridgehead atoms. The van der Waals surface area contributed by atoms with Gasteiger partial charge in [-0.3, -0.25) is 4.79 Å². The third-order valence-electron chi connectivity index (χ3n) is 5.16. The summed E-state index contributed by atoms with van der Waals surface area (Å²) in [7, 11) is 0. The fourth-order valence-electron chi connectivity index (χ4n) is 3.70. The number of aromatic nitrogens is 2. The molecule has 0 aromatic carbocycles. The van der Waals surface area contributed by atoms with Gasteiger partial charge in [-0.05, 0) is 44.9 Å². The predicted molar refractivity (Wildman–Crippen MR) is 94.6 cm³/mol. The van der Waals surface area contributed by atoms with Gasteiger partial charge in [-0.15, -0.1) is 0 Å². The second kappa shape index (κ2) is 8.75. The number of carbonyl (C=O) groups is 1. The molecule has 5 N–H and O–H groups in total. The minimum absolute atomic E-state index is 0.0341. The largest absolute Gasteiger partial charge is 0.391 e. The molecule has 2 aliphatic rings. The molecule has 2 saturated carbocycles. The lowest BCUT2D eigenvalue weighted by atomic mass is 9.93. The second-order valence-corrected chi connectivity index (χ2v) is 7.08. The molecule has 1 amide bonds. The van der Waals surface area contributed by atoms with Crippen LogP contribution in [0.4, 0.5) is 20.5 Å². The molecular weight excluding hydrogens is 360 g/mol. The molecule has 0 aliphatic heterocycles. The Morgan fingerprint density at radius 3 is 2.56 bits per heavy atom. The van der Waals surface area contributed by atoms with Gasteiger partial charge in [-0.25, -0.2) is 4.98 Å². The standard InChI is InChI=1S/C17H25F2N5O3/c18-16(19)27-10-6-4-9(5-7-10)22-17-21-8-11(14(20)26)15(24-17)23-12-2-1-3-13(12)25/h8-10,12-13,16,25H,1-7H2,(H2,20,26)(H2,21,22,23,24)/t9?,10?,12-,13-/m1/s1. The number of hydrogen-bond donors (Lipinski definition) is 4. The number of aliphatic hydroxyl groups excluding tert-OH is 1. The molecule has 8 nitrogen and oxygen atoms in total. The average molecular weight is 385 g/mol. The van der Waals surface area contributed by atoms with Gasteiger partial charge in [0.05, 0.1) is 23.8 Å². The summed E-state index contributed by atoms with van der Waals surface area (Å²) in [6.45, 7) is -2.75.